The van der Waals surface area contributed by atoms with Gasteiger partial charge in [0.2, 0.25) is 5.89 Å². The molecule has 0 bridgehead atoms. The number of likely N-dealkylation sites (tertiary alicyclic amines) is 1. The molecule has 4 rings (SSSR count). The van der Waals surface area contributed by atoms with Crippen LogP contribution in [0.4, 0.5) is 0 Å². The molecule has 2 fully saturated rings. The van der Waals surface area contributed by atoms with Crippen molar-refractivity contribution in [2.45, 2.75) is 76.9 Å². The molecule has 1 unspecified atom stereocenters. The first-order valence-electron chi connectivity index (χ1n) is 10.6. The Morgan fingerprint density at radius 3 is 2.72 bits per heavy atom. The summed E-state index contributed by atoms with van der Waals surface area (Å²) in [4.78, 5) is 19.3. The highest BCUT2D eigenvalue weighted by Gasteiger charge is 2.28. The van der Waals surface area contributed by atoms with Crippen molar-refractivity contribution >= 4 is 0 Å². The molecule has 29 heavy (non-hydrogen) atoms. The van der Waals surface area contributed by atoms with E-state index in [0.717, 1.165) is 62.9 Å². The van der Waals surface area contributed by atoms with E-state index >= 15 is 0 Å². The lowest BCUT2D eigenvalue weighted by Crippen LogP contribution is -2.37. The maximum Gasteiger partial charge on any atom is 0.266 e. The highest BCUT2D eigenvalue weighted by atomic mass is 16.5. The zero-order valence-electron chi connectivity index (χ0n) is 17.6. The van der Waals surface area contributed by atoms with Crippen molar-refractivity contribution in [1.29, 1.82) is 0 Å². The molecule has 2 saturated heterocycles. The van der Waals surface area contributed by atoms with E-state index < -0.39 is 0 Å². The molecule has 1 atom stereocenters. The highest BCUT2D eigenvalue weighted by molar-refractivity contribution is 5.10. The number of rotatable bonds is 5. The standard InChI is InChI=1S/C21H31N5O3/c1-21(2,3)17-6-7-19(27)26(23-17)13-16-5-4-10-25(16)14-18-22-20(29-24-18)15-8-11-28-12-9-15/h6-7,15-16H,4-5,8-14H2,1-3H3. The van der Waals surface area contributed by atoms with Crippen molar-refractivity contribution in [1.82, 2.24) is 24.8 Å². The van der Waals surface area contributed by atoms with Crippen LogP contribution in [0.15, 0.2) is 21.5 Å². The van der Waals surface area contributed by atoms with Crippen LogP contribution in [-0.4, -0.2) is 50.6 Å². The molecule has 0 amide bonds. The van der Waals surface area contributed by atoms with Crippen LogP contribution in [-0.2, 0) is 23.2 Å². The molecule has 158 valence electrons. The summed E-state index contributed by atoms with van der Waals surface area (Å²) in [6, 6.07) is 3.72. The second kappa shape index (κ2) is 8.36. The van der Waals surface area contributed by atoms with Crippen molar-refractivity contribution in [3.63, 3.8) is 0 Å². The molecular weight excluding hydrogens is 370 g/mol. The molecule has 2 aliphatic heterocycles. The van der Waals surface area contributed by atoms with Gasteiger partial charge >= 0.3 is 0 Å². The third-order valence-electron chi connectivity index (χ3n) is 5.92. The predicted molar refractivity (Wildman–Crippen MR) is 108 cm³/mol. The maximum atomic E-state index is 12.4. The third-order valence-corrected chi connectivity index (χ3v) is 5.92. The van der Waals surface area contributed by atoms with Crippen molar-refractivity contribution < 1.29 is 9.26 Å². The SMILES string of the molecule is CC(C)(C)c1ccc(=O)n(CC2CCCN2Cc2noc(C3CCOCC3)n2)n1. The van der Waals surface area contributed by atoms with Crippen molar-refractivity contribution in [3.05, 3.63) is 39.9 Å². The smallest absolute Gasteiger partial charge is 0.266 e. The molecule has 4 heterocycles. The summed E-state index contributed by atoms with van der Waals surface area (Å²) in [5, 5.41) is 8.84. The topological polar surface area (TPSA) is 86.3 Å². The van der Waals surface area contributed by atoms with Crippen LogP contribution in [0.25, 0.3) is 0 Å². The lowest BCUT2D eigenvalue weighted by Gasteiger charge is -2.24. The molecule has 2 aliphatic rings. The molecule has 0 aromatic carbocycles. The summed E-state index contributed by atoms with van der Waals surface area (Å²) >= 11 is 0. The fourth-order valence-corrected chi connectivity index (χ4v) is 4.11. The van der Waals surface area contributed by atoms with Gasteiger partial charge < -0.3 is 9.26 Å². The Balaban J connectivity index is 1.44. The fourth-order valence-electron chi connectivity index (χ4n) is 4.11. The molecule has 0 spiro atoms. The van der Waals surface area contributed by atoms with E-state index in [0.29, 0.717) is 19.0 Å². The normalized spacial score (nSPS) is 21.7. The lowest BCUT2D eigenvalue weighted by molar-refractivity contribution is 0.0778. The number of ether oxygens (including phenoxy) is 1. The van der Waals surface area contributed by atoms with Gasteiger partial charge in [0.1, 0.15) is 0 Å². The van der Waals surface area contributed by atoms with E-state index in [-0.39, 0.29) is 17.0 Å². The maximum absolute atomic E-state index is 12.4. The van der Waals surface area contributed by atoms with Gasteiger partial charge in [-0.05, 0) is 38.3 Å². The first-order chi connectivity index (χ1) is 13.9. The van der Waals surface area contributed by atoms with Crippen LogP contribution in [0, 0.1) is 0 Å². The Hall–Kier alpha value is -2.06. The average molecular weight is 402 g/mol. The van der Waals surface area contributed by atoms with Crippen LogP contribution in [0.5, 0.6) is 0 Å². The number of hydrogen-bond donors (Lipinski definition) is 0. The van der Waals surface area contributed by atoms with E-state index in [2.05, 4.69) is 40.9 Å². The van der Waals surface area contributed by atoms with E-state index in [1.54, 1.807) is 10.7 Å². The molecular formula is C21H31N5O3. The van der Waals surface area contributed by atoms with Crippen molar-refractivity contribution in [2.75, 3.05) is 19.8 Å². The monoisotopic (exact) mass is 401 g/mol. The Bertz CT molecular complexity index is 879. The van der Waals surface area contributed by atoms with Gasteiger partial charge in [0.25, 0.3) is 5.56 Å². The zero-order chi connectivity index (χ0) is 20.4. The highest BCUT2D eigenvalue weighted by Crippen LogP contribution is 2.26. The van der Waals surface area contributed by atoms with Gasteiger partial charge in [0.15, 0.2) is 5.82 Å². The molecule has 0 radical (unpaired) electrons. The number of nitrogens with zero attached hydrogens (tertiary/aromatic N) is 5. The Morgan fingerprint density at radius 1 is 1.17 bits per heavy atom. The van der Waals surface area contributed by atoms with Crippen LogP contribution in [0.2, 0.25) is 0 Å². The first kappa shape index (κ1) is 20.2. The summed E-state index contributed by atoms with van der Waals surface area (Å²) in [6.45, 7) is 10.0. The van der Waals surface area contributed by atoms with Crippen LogP contribution in [0.3, 0.4) is 0 Å². The molecule has 8 nitrogen and oxygen atoms in total. The van der Waals surface area contributed by atoms with Gasteiger partial charge in [-0.1, -0.05) is 25.9 Å². The number of aromatic nitrogens is 4. The molecule has 8 heteroatoms. The van der Waals surface area contributed by atoms with Crippen LogP contribution >= 0.6 is 0 Å². The minimum Gasteiger partial charge on any atom is -0.381 e. The van der Waals surface area contributed by atoms with Gasteiger partial charge in [0.05, 0.1) is 18.8 Å². The van der Waals surface area contributed by atoms with Gasteiger partial charge in [-0.3, -0.25) is 9.69 Å². The van der Waals surface area contributed by atoms with Gasteiger partial charge in [-0.15, -0.1) is 0 Å². The van der Waals surface area contributed by atoms with E-state index in [4.69, 9.17) is 9.26 Å². The Labute approximate surface area is 171 Å². The van der Waals surface area contributed by atoms with E-state index in [1.807, 2.05) is 6.07 Å². The molecule has 0 N–H and O–H groups in total. The largest absolute Gasteiger partial charge is 0.381 e. The summed E-state index contributed by atoms with van der Waals surface area (Å²) in [7, 11) is 0. The van der Waals surface area contributed by atoms with Crippen LogP contribution < -0.4 is 5.56 Å². The minimum atomic E-state index is -0.0873. The van der Waals surface area contributed by atoms with Gasteiger partial charge in [-0.2, -0.15) is 10.1 Å². The second-order valence-corrected chi connectivity index (χ2v) is 9.19. The summed E-state index contributed by atoms with van der Waals surface area (Å²) in [6.07, 6.45) is 4.01. The first-order valence-corrected chi connectivity index (χ1v) is 10.6. The fraction of sp³-hybridized carbons (Fsp3) is 0.714. The summed E-state index contributed by atoms with van der Waals surface area (Å²) in [5.41, 5.74) is 0.794. The van der Waals surface area contributed by atoms with E-state index in [1.165, 1.54) is 0 Å². The summed E-state index contributed by atoms with van der Waals surface area (Å²) < 4.78 is 12.6. The second-order valence-electron chi connectivity index (χ2n) is 9.19. The van der Waals surface area contributed by atoms with Gasteiger partial charge in [0, 0.05) is 36.7 Å². The quantitative estimate of drug-likeness (QED) is 0.761. The molecule has 0 saturated carbocycles. The third kappa shape index (κ3) is 4.75. The van der Waals surface area contributed by atoms with E-state index in [9.17, 15) is 4.79 Å². The Kier molecular flexibility index (Phi) is 5.83. The zero-order valence-corrected chi connectivity index (χ0v) is 17.6. The predicted octanol–water partition coefficient (Wildman–Crippen LogP) is 2.48. The molecule has 2 aromatic heterocycles. The lowest BCUT2D eigenvalue weighted by atomic mass is 9.92. The summed E-state index contributed by atoms with van der Waals surface area (Å²) in [5.74, 6) is 1.76. The average Bonchev–Trinajstić information content (AvgIpc) is 3.33. The number of hydrogen-bond acceptors (Lipinski definition) is 7. The van der Waals surface area contributed by atoms with Crippen molar-refractivity contribution in [2.24, 2.45) is 0 Å². The molecule has 2 aromatic rings. The Morgan fingerprint density at radius 2 is 1.97 bits per heavy atom. The molecule has 0 aliphatic carbocycles. The van der Waals surface area contributed by atoms with Crippen LogP contribution in [0.1, 0.15) is 69.8 Å². The van der Waals surface area contributed by atoms with Crippen molar-refractivity contribution in [3.8, 4) is 0 Å². The van der Waals surface area contributed by atoms with Gasteiger partial charge in [-0.25, -0.2) is 4.68 Å². The minimum absolute atomic E-state index is 0.0498.